The molecule has 1 unspecified atom stereocenters. The Balaban J connectivity index is 1.52. The molecule has 6 heteroatoms. The van der Waals surface area contributed by atoms with Crippen LogP contribution in [-0.2, 0) is 22.4 Å². The lowest BCUT2D eigenvalue weighted by molar-refractivity contribution is -0.123. The molecule has 1 aliphatic carbocycles. The third-order valence-corrected chi connectivity index (χ3v) is 5.34. The summed E-state index contributed by atoms with van der Waals surface area (Å²) >= 11 is 0. The van der Waals surface area contributed by atoms with E-state index in [4.69, 9.17) is 4.74 Å². The minimum Gasteiger partial charge on any atom is -0.449 e. The lowest BCUT2D eigenvalue weighted by atomic mass is 10.0. The molecule has 1 aromatic heterocycles. The van der Waals surface area contributed by atoms with Crippen molar-refractivity contribution in [2.75, 3.05) is 5.32 Å². The van der Waals surface area contributed by atoms with Crippen LogP contribution in [0.3, 0.4) is 0 Å². The van der Waals surface area contributed by atoms with Gasteiger partial charge in [-0.25, -0.2) is 4.79 Å². The SMILES string of the molecule is CC(=O)c1ccc(NC(=O)C(C)OC(=O)c2c3c(nc4ccccc24)CCC3)cc1. The predicted molar refractivity (Wildman–Crippen MR) is 114 cm³/mol. The number of para-hydroxylation sites is 1. The molecule has 0 bridgehead atoms. The second-order valence-electron chi connectivity index (χ2n) is 7.45. The Labute approximate surface area is 174 Å². The normalized spacial score (nSPS) is 13.5. The molecule has 1 N–H and O–H groups in total. The number of benzene rings is 2. The molecule has 0 spiro atoms. The van der Waals surface area contributed by atoms with Gasteiger partial charge in [0.05, 0.1) is 11.1 Å². The fourth-order valence-corrected chi connectivity index (χ4v) is 3.75. The number of fused-ring (bicyclic) bond motifs is 2. The van der Waals surface area contributed by atoms with E-state index in [9.17, 15) is 14.4 Å². The molecular formula is C24H22N2O4. The minimum atomic E-state index is -0.978. The number of rotatable bonds is 5. The Morgan fingerprint density at radius 2 is 1.77 bits per heavy atom. The van der Waals surface area contributed by atoms with Gasteiger partial charge in [-0.05, 0) is 69.0 Å². The molecule has 1 atom stereocenters. The van der Waals surface area contributed by atoms with Crippen molar-refractivity contribution in [1.82, 2.24) is 4.98 Å². The van der Waals surface area contributed by atoms with Crippen LogP contribution in [0.2, 0.25) is 0 Å². The summed E-state index contributed by atoms with van der Waals surface area (Å²) in [6, 6.07) is 14.1. The van der Waals surface area contributed by atoms with Gasteiger partial charge < -0.3 is 10.1 Å². The molecule has 0 fully saturated rings. The van der Waals surface area contributed by atoms with Crippen LogP contribution in [0.15, 0.2) is 48.5 Å². The second-order valence-corrected chi connectivity index (χ2v) is 7.45. The zero-order valence-electron chi connectivity index (χ0n) is 16.9. The first-order valence-electron chi connectivity index (χ1n) is 9.97. The highest BCUT2D eigenvalue weighted by Gasteiger charge is 2.27. The van der Waals surface area contributed by atoms with Gasteiger partial charge in [0.25, 0.3) is 5.91 Å². The largest absolute Gasteiger partial charge is 0.449 e. The molecule has 1 heterocycles. The van der Waals surface area contributed by atoms with Gasteiger partial charge >= 0.3 is 5.97 Å². The number of anilines is 1. The number of nitrogens with one attached hydrogen (secondary N) is 1. The van der Waals surface area contributed by atoms with Gasteiger partial charge in [0, 0.05) is 22.3 Å². The van der Waals surface area contributed by atoms with E-state index in [1.165, 1.54) is 6.92 Å². The lowest BCUT2D eigenvalue weighted by Gasteiger charge is -2.16. The van der Waals surface area contributed by atoms with E-state index < -0.39 is 18.0 Å². The van der Waals surface area contributed by atoms with E-state index in [0.717, 1.165) is 41.4 Å². The summed E-state index contributed by atoms with van der Waals surface area (Å²) in [6.45, 7) is 3.02. The fourth-order valence-electron chi connectivity index (χ4n) is 3.75. The number of hydrogen-bond acceptors (Lipinski definition) is 5. The van der Waals surface area contributed by atoms with Crippen molar-refractivity contribution in [1.29, 1.82) is 0 Å². The Morgan fingerprint density at radius 1 is 1.03 bits per heavy atom. The molecule has 30 heavy (non-hydrogen) atoms. The smallest absolute Gasteiger partial charge is 0.339 e. The summed E-state index contributed by atoms with van der Waals surface area (Å²) in [7, 11) is 0. The number of amides is 1. The molecule has 1 aliphatic rings. The number of nitrogens with zero attached hydrogens (tertiary/aromatic N) is 1. The van der Waals surface area contributed by atoms with E-state index in [2.05, 4.69) is 10.3 Å². The van der Waals surface area contributed by atoms with Gasteiger partial charge in [0.2, 0.25) is 0 Å². The highest BCUT2D eigenvalue weighted by atomic mass is 16.5. The maximum atomic E-state index is 13.0. The van der Waals surface area contributed by atoms with Crippen LogP contribution in [0.5, 0.6) is 0 Å². The van der Waals surface area contributed by atoms with Crippen LogP contribution >= 0.6 is 0 Å². The van der Waals surface area contributed by atoms with Crippen LogP contribution in [-0.4, -0.2) is 28.7 Å². The zero-order chi connectivity index (χ0) is 21.3. The molecule has 0 saturated carbocycles. The lowest BCUT2D eigenvalue weighted by Crippen LogP contribution is -2.30. The standard InChI is InChI=1S/C24H22N2O4/c1-14(27)16-10-12-17(13-11-16)25-23(28)15(2)30-24(29)22-18-6-3-4-8-20(18)26-21-9-5-7-19(21)22/h3-4,6,8,10-13,15H,5,7,9H2,1-2H3,(H,25,28). The quantitative estimate of drug-likeness (QED) is 0.513. The topological polar surface area (TPSA) is 85.4 Å². The number of carbonyl (C=O) groups excluding carboxylic acids is 3. The average Bonchev–Trinajstić information content (AvgIpc) is 3.20. The number of aryl methyl sites for hydroxylation is 1. The van der Waals surface area contributed by atoms with E-state index in [1.807, 2.05) is 24.3 Å². The summed E-state index contributed by atoms with van der Waals surface area (Å²) in [5.41, 5.74) is 4.22. The third-order valence-electron chi connectivity index (χ3n) is 5.34. The molecule has 0 aliphatic heterocycles. The number of hydrogen-bond donors (Lipinski definition) is 1. The maximum Gasteiger partial charge on any atom is 0.339 e. The van der Waals surface area contributed by atoms with Crippen LogP contribution in [0.4, 0.5) is 5.69 Å². The molecule has 152 valence electrons. The van der Waals surface area contributed by atoms with E-state index in [0.29, 0.717) is 16.8 Å². The Bertz CT molecular complexity index is 1150. The van der Waals surface area contributed by atoms with E-state index >= 15 is 0 Å². The number of carbonyl (C=O) groups is 3. The summed E-state index contributed by atoms with van der Waals surface area (Å²) in [6.07, 6.45) is 1.59. The predicted octanol–water partition coefficient (Wildman–Crippen LogP) is 4.11. The van der Waals surface area contributed by atoms with Crippen LogP contribution in [0, 0.1) is 0 Å². The number of ketones is 1. The van der Waals surface area contributed by atoms with Gasteiger partial charge in [-0.2, -0.15) is 0 Å². The zero-order valence-corrected chi connectivity index (χ0v) is 16.9. The first-order chi connectivity index (χ1) is 14.4. The summed E-state index contributed by atoms with van der Waals surface area (Å²) < 4.78 is 5.53. The summed E-state index contributed by atoms with van der Waals surface area (Å²) in [5.74, 6) is -0.998. The fraction of sp³-hybridized carbons (Fsp3) is 0.250. The van der Waals surface area contributed by atoms with Gasteiger partial charge in [0.1, 0.15) is 0 Å². The summed E-state index contributed by atoms with van der Waals surface area (Å²) in [4.78, 5) is 41.6. The van der Waals surface area contributed by atoms with E-state index in [1.54, 1.807) is 31.2 Å². The first kappa shape index (κ1) is 19.8. The van der Waals surface area contributed by atoms with E-state index in [-0.39, 0.29) is 5.78 Å². The number of Topliss-reactive ketones (excluding diaryl/α,β-unsaturated/α-hetero) is 1. The Morgan fingerprint density at radius 3 is 2.50 bits per heavy atom. The molecular weight excluding hydrogens is 380 g/mol. The Kier molecular flexibility index (Phi) is 5.31. The highest BCUT2D eigenvalue weighted by Crippen LogP contribution is 2.30. The second kappa shape index (κ2) is 8.06. The first-order valence-corrected chi connectivity index (χ1v) is 9.97. The van der Waals surface area contributed by atoms with Crippen molar-refractivity contribution < 1.29 is 19.1 Å². The maximum absolute atomic E-state index is 13.0. The third kappa shape index (κ3) is 3.81. The molecule has 0 saturated heterocycles. The van der Waals surface area contributed by atoms with Gasteiger partial charge in [-0.15, -0.1) is 0 Å². The van der Waals surface area contributed by atoms with Crippen molar-refractivity contribution in [3.05, 3.63) is 70.9 Å². The minimum absolute atomic E-state index is 0.0488. The summed E-state index contributed by atoms with van der Waals surface area (Å²) in [5, 5.41) is 3.46. The number of ether oxygens (including phenoxy) is 1. The van der Waals surface area contributed by atoms with Crippen LogP contribution in [0.1, 0.15) is 52.2 Å². The molecule has 6 nitrogen and oxygen atoms in total. The van der Waals surface area contributed by atoms with Crippen molar-refractivity contribution in [2.24, 2.45) is 0 Å². The van der Waals surface area contributed by atoms with Crippen molar-refractivity contribution in [3.8, 4) is 0 Å². The molecule has 3 aromatic rings. The molecule has 0 radical (unpaired) electrons. The van der Waals surface area contributed by atoms with Gasteiger partial charge in [-0.1, -0.05) is 18.2 Å². The monoisotopic (exact) mass is 402 g/mol. The van der Waals surface area contributed by atoms with Gasteiger partial charge in [0.15, 0.2) is 11.9 Å². The van der Waals surface area contributed by atoms with Crippen LogP contribution in [0.25, 0.3) is 10.9 Å². The molecule has 2 aromatic carbocycles. The number of aromatic nitrogens is 1. The van der Waals surface area contributed by atoms with Crippen molar-refractivity contribution in [3.63, 3.8) is 0 Å². The molecule has 4 rings (SSSR count). The Hall–Kier alpha value is -3.54. The number of esters is 1. The van der Waals surface area contributed by atoms with Crippen LogP contribution < -0.4 is 5.32 Å². The van der Waals surface area contributed by atoms with Gasteiger partial charge in [-0.3, -0.25) is 14.6 Å². The average molecular weight is 402 g/mol. The van der Waals surface area contributed by atoms with Crippen molar-refractivity contribution in [2.45, 2.75) is 39.2 Å². The molecule has 1 amide bonds. The van der Waals surface area contributed by atoms with Crippen molar-refractivity contribution >= 4 is 34.3 Å². The number of pyridine rings is 1. The highest BCUT2D eigenvalue weighted by molar-refractivity contribution is 6.06.